The van der Waals surface area contributed by atoms with Crippen molar-refractivity contribution in [1.29, 1.82) is 0 Å². The van der Waals surface area contributed by atoms with Gasteiger partial charge in [0.1, 0.15) is 5.82 Å². The number of imide groups is 1. The molecule has 5 nitrogen and oxygen atoms in total. The minimum absolute atomic E-state index is 0.171. The quantitative estimate of drug-likeness (QED) is 0.682. The van der Waals surface area contributed by atoms with Crippen molar-refractivity contribution in [3.63, 3.8) is 0 Å². The molecule has 3 aromatic rings. The number of aromatic nitrogens is 2. The molecule has 2 heterocycles. The maximum absolute atomic E-state index is 13.8. The van der Waals surface area contributed by atoms with Crippen LogP contribution in [0.25, 0.3) is 5.69 Å². The molecule has 0 fully saturated rings. The number of nitrogens with zero attached hydrogens (tertiary/aromatic N) is 3. The Morgan fingerprint density at radius 3 is 2.21 bits per heavy atom. The Labute approximate surface area is 136 Å². The molecule has 1 aliphatic rings. The molecule has 0 saturated heterocycles. The molecule has 2 aromatic carbocycles. The summed E-state index contributed by atoms with van der Waals surface area (Å²) in [6.45, 7) is 1.87. The molecule has 24 heavy (non-hydrogen) atoms. The van der Waals surface area contributed by atoms with Gasteiger partial charge in [-0.25, -0.2) is 14.0 Å². The van der Waals surface area contributed by atoms with E-state index in [0.717, 1.165) is 10.5 Å². The molecule has 0 radical (unpaired) electrons. The summed E-state index contributed by atoms with van der Waals surface area (Å²) in [4.78, 5) is 26.3. The van der Waals surface area contributed by atoms with Gasteiger partial charge in [0.15, 0.2) is 0 Å². The van der Waals surface area contributed by atoms with Gasteiger partial charge < -0.3 is 0 Å². The third-order valence-electron chi connectivity index (χ3n) is 3.93. The number of carbonyl (C=O) groups excluding carboxylic acids is 2. The Morgan fingerprint density at radius 2 is 1.62 bits per heavy atom. The highest BCUT2D eigenvalue weighted by molar-refractivity contribution is 6.34. The Balaban J connectivity index is 1.90. The van der Waals surface area contributed by atoms with E-state index in [1.165, 1.54) is 22.9 Å². The number of aryl methyl sites for hydroxylation is 1. The molecular formula is C18H12FN3O2. The highest BCUT2D eigenvalue weighted by Gasteiger charge is 2.37. The van der Waals surface area contributed by atoms with E-state index >= 15 is 0 Å². The fourth-order valence-electron chi connectivity index (χ4n) is 2.82. The van der Waals surface area contributed by atoms with E-state index in [9.17, 15) is 14.0 Å². The lowest BCUT2D eigenvalue weighted by molar-refractivity contribution is 0.0926. The summed E-state index contributed by atoms with van der Waals surface area (Å²) in [5, 5.41) is 4.19. The van der Waals surface area contributed by atoms with Crippen LogP contribution in [0.15, 0.2) is 54.9 Å². The Bertz CT molecular complexity index is 958. The first-order chi connectivity index (χ1) is 11.6. The molecule has 2 amide bonds. The number of hydrogen-bond donors (Lipinski definition) is 0. The molecule has 1 aromatic heterocycles. The lowest BCUT2D eigenvalue weighted by Crippen LogP contribution is -2.30. The maximum Gasteiger partial charge on any atom is 0.266 e. The summed E-state index contributed by atoms with van der Waals surface area (Å²) in [6.07, 6.45) is 3.39. The van der Waals surface area contributed by atoms with E-state index < -0.39 is 17.6 Å². The second-order valence-electron chi connectivity index (χ2n) is 5.59. The van der Waals surface area contributed by atoms with Gasteiger partial charge in [0.2, 0.25) is 0 Å². The van der Waals surface area contributed by atoms with Crippen molar-refractivity contribution in [2.45, 2.75) is 6.92 Å². The zero-order valence-corrected chi connectivity index (χ0v) is 12.7. The number of fused-ring (bicyclic) bond motifs is 1. The van der Waals surface area contributed by atoms with E-state index in [1.807, 2.05) is 6.92 Å². The van der Waals surface area contributed by atoms with Crippen LogP contribution >= 0.6 is 0 Å². The van der Waals surface area contributed by atoms with Gasteiger partial charge in [-0.05, 0) is 36.8 Å². The van der Waals surface area contributed by atoms with E-state index in [1.54, 1.807) is 36.7 Å². The standard InChI is InChI=1S/C18H12FN3O2/c1-11-9-20-21(10-11)15-7-6-12(19)8-16(15)22-17(23)13-4-2-3-5-14(13)18(22)24/h2-10H,1H3. The number of halogens is 1. The summed E-state index contributed by atoms with van der Waals surface area (Å²) in [5.74, 6) is -1.47. The molecule has 0 saturated carbocycles. The average molecular weight is 321 g/mol. The first-order valence-electron chi connectivity index (χ1n) is 7.35. The topological polar surface area (TPSA) is 55.2 Å². The van der Waals surface area contributed by atoms with Gasteiger partial charge in [-0.3, -0.25) is 9.59 Å². The first-order valence-corrected chi connectivity index (χ1v) is 7.35. The van der Waals surface area contributed by atoms with Gasteiger partial charge in [0, 0.05) is 12.3 Å². The van der Waals surface area contributed by atoms with Gasteiger partial charge in [-0.15, -0.1) is 0 Å². The minimum Gasteiger partial charge on any atom is -0.268 e. The largest absolute Gasteiger partial charge is 0.268 e. The first kappa shape index (κ1) is 14.3. The van der Waals surface area contributed by atoms with E-state index in [4.69, 9.17) is 0 Å². The van der Waals surface area contributed by atoms with Crippen LogP contribution in [0, 0.1) is 12.7 Å². The minimum atomic E-state index is -0.533. The van der Waals surface area contributed by atoms with Crippen molar-refractivity contribution in [3.8, 4) is 5.69 Å². The molecular weight excluding hydrogens is 309 g/mol. The second kappa shape index (κ2) is 5.13. The number of benzene rings is 2. The van der Waals surface area contributed by atoms with Gasteiger partial charge in [-0.2, -0.15) is 5.10 Å². The number of anilines is 1. The summed E-state index contributed by atoms with van der Waals surface area (Å²) >= 11 is 0. The summed E-state index contributed by atoms with van der Waals surface area (Å²) in [5.41, 5.74) is 2.17. The fraction of sp³-hybridized carbons (Fsp3) is 0.0556. The van der Waals surface area contributed by atoms with Crippen LogP contribution in [-0.4, -0.2) is 21.6 Å². The van der Waals surface area contributed by atoms with Crippen LogP contribution in [0.4, 0.5) is 10.1 Å². The molecule has 1 aliphatic heterocycles. The Kier molecular flexibility index (Phi) is 3.06. The van der Waals surface area contributed by atoms with E-state index in [-0.39, 0.29) is 5.69 Å². The van der Waals surface area contributed by atoms with Crippen LogP contribution in [0.3, 0.4) is 0 Å². The third kappa shape index (κ3) is 2.04. The zero-order chi connectivity index (χ0) is 16.8. The highest BCUT2D eigenvalue weighted by Crippen LogP contribution is 2.33. The molecule has 0 unspecified atom stereocenters. The number of amides is 2. The molecule has 0 atom stereocenters. The predicted molar refractivity (Wildman–Crippen MR) is 85.8 cm³/mol. The summed E-state index contributed by atoms with van der Waals surface area (Å²) in [7, 11) is 0. The normalized spacial score (nSPS) is 13.5. The van der Waals surface area contributed by atoms with Crippen molar-refractivity contribution >= 4 is 17.5 Å². The monoisotopic (exact) mass is 321 g/mol. The number of rotatable bonds is 2. The van der Waals surface area contributed by atoms with Crippen molar-refractivity contribution < 1.29 is 14.0 Å². The summed E-state index contributed by atoms with van der Waals surface area (Å²) < 4.78 is 15.3. The maximum atomic E-state index is 13.8. The smallest absolute Gasteiger partial charge is 0.266 e. The summed E-state index contributed by atoms with van der Waals surface area (Å²) in [6, 6.07) is 10.5. The molecule has 118 valence electrons. The van der Waals surface area contributed by atoms with Gasteiger partial charge >= 0.3 is 0 Å². The van der Waals surface area contributed by atoms with E-state index in [0.29, 0.717) is 16.8 Å². The molecule has 0 bridgehead atoms. The fourth-order valence-corrected chi connectivity index (χ4v) is 2.82. The van der Waals surface area contributed by atoms with Gasteiger partial charge in [-0.1, -0.05) is 12.1 Å². The Hall–Kier alpha value is -3.28. The molecule has 0 spiro atoms. The van der Waals surface area contributed by atoms with E-state index in [2.05, 4.69) is 5.10 Å². The van der Waals surface area contributed by atoms with Crippen molar-refractivity contribution in [3.05, 3.63) is 77.4 Å². The lowest BCUT2D eigenvalue weighted by Gasteiger charge is -2.18. The second-order valence-corrected chi connectivity index (χ2v) is 5.59. The zero-order valence-electron chi connectivity index (χ0n) is 12.7. The predicted octanol–water partition coefficient (Wildman–Crippen LogP) is 3.12. The van der Waals surface area contributed by atoms with Crippen molar-refractivity contribution in [1.82, 2.24) is 9.78 Å². The molecule has 6 heteroatoms. The molecule has 4 rings (SSSR count). The van der Waals surface area contributed by atoms with Gasteiger partial charge in [0.25, 0.3) is 11.8 Å². The van der Waals surface area contributed by atoms with Crippen LogP contribution in [0.2, 0.25) is 0 Å². The molecule has 0 N–H and O–H groups in total. The third-order valence-corrected chi connectivity index (χ3v) is 3.93. The van der Waals surface area contributed by atoms with Crippen molar-refractivity contribution in [2.24, 2.45) is 0 Å². The SMILES string of the molecule is Cc1cnn(-c2ccc(F)cc2N2C(=O)c3ccccc3C2=O)c1. The van der Waals surface area contributed by atoms with Gasteiger partial charge in [0.05, 0.1) is 28.7 Å². The van der Waals surface area contributed by atoms with Crippen LogP contribution in [-0.2, 0) is 0 Å². The van der Waals surface area contributed by atoms with Crippen LogP contribution in [0.5, 0.6) is 0 Å². The Morgan fingerprint density at radius 1 is 0.958 bits per heavy atom. The highest BCUT2D eigenvalue weighted by atomic mass is 19.1. The number of hydrogen-bond acceptors (Lipinski definition) is 3. The number of carbonyl (C=O) groups is 2. The van der Waals surface area contributed by atoms with Crippen LogP contribution in [0.1, 0.15) is 26.3 Å². The van der Waals surface area contributed by atoms with Crippen molar-refractivity contribution in [2.75, 3.05) is 4.90 Å². The molecule has 0 aliphatic carbocycles. The van der Waals surface area contributed by atoms with Crippen LogP contribution < -0.4 is 4.90 Å². The lowest BCUT2D eigenvalue weighted by atomic mass is 10.1. The average Bonchev–Trinajstić information content (AvgIpc) is 3.10.